The summed E-state index contributed by atoms with van der Waals surface area (Å²) in [6, 6.07) is 10.9. The van der Waals surface area contributed by atoms with Crippen molar-refractivity contribution in [1.82, 2.24) is 4.98 Å². The first-order chi connectivity index (χ1) is 8.20. The Kier molecular flexibility index (Phi) is 3.25. The van der Waals surface area contributed by atoms with Crippen LogP contribution < -0.4 is 10.6 Å². The molecule has 88 valence electrons. The Balaban J connectivity index is 2.29. The highest BCUT2D eigenvalue weighted by molar-refractivity contribution is 5.62. The fraction of sp³-hybridized carbons (Fsp3) is 0.154. The molecule has 0 saturated carbocycles. The van der Waals surface area contributed by atoms with Crippen LogP contribution in [0.15, 0.2) is 42.6 Å². The average Bonchev–Trinajstić information content (AvgIpc) is 2.39. The Labute approximate surface area is 100 Å². The van der Waals surface area contributed by atoms with Crippen molar-refractivity contribution in [3.8, 4) is 5.75 Å². The van der Waals surface area contributed by atoms with E-state index in [1.165, 1.54) is 0 Å². The topological polar surface area (TPSA) is 62.4 Å². The number of hydrogen-bond acceptors (Lipinski definition) is 4. The standard InChI is InChI=1S/C13H15N3O/c1-16(11-2-4-13(17)5-3-11)12-6-7-15-10(8-12)9-14/h2-8,17H,9,14H2,1H3. The van der Waals surface area contributed by atoms with E-state index >= 15 is 0 Å². The van der Waals surface area contributed by atoms with Crippen molar-refractivity contribution in [1.29, 1.82) is 0 Å². The molecule has 0 aliphatic rings. The van der Waals surface area contributed by atoms with Crippen molar-refractivity contribution in [3.63, 3.8) is 0 Å². The van der Waals surface area contributed by atoms with Crippen LogP contribution in [0.5, 0.6) is 5.75 Å². The van der Waals surface area contributed by atoms with E-state index < -0.39 is 0 Å². The number of aromatic hydroxyl groups is 1. The van der Waals surface area contributed by atoms with Gasteiger partial charge in [-0.25, -0.2) is 0 Å². The molecule has 0 atom stereocenters. The van der Waals surface area contributed by atoms with Gasteiger partial charge in [-0.05, 0) is 36.4 Å². The number of hydrogen-bond donors (Lipinski definition) is 2. The normalized spacial score (nSPS) is 10.2. The fourth-order valence-corrected chi connectivity index (χ4v) is 1.61. The van der Waals surface area contributed by atoms with Gasteiger partial charge < -0.3 is 15.7 Å². The lowest BCUT2D eigenvalue weighted by molar-refractivity contribution is 0.475. The molecule has 0 amide bonds. The number of phenols is 1. The Morgan fingerprint density at radius 3 is 2.53 bits per heavy atom. The van der Waals surface area contributed by atoms with Gasteiger partial charge in [-0.2, -0.15) is 0 Å². The minimum Gasteiger partial charge on any atom is -0.508 e. The number of anilines is 2. The molecule has 0 unspecified atom stereocenters. The summed E-state index contributed by atoms with van der Waals surface area (Å²) in [4.78, 5) is 6.17. The zero-order valence-corrected chi connectivity index (χ0v) is 9.67. The highest BCUT2D eigenvalue weighted by atomic mass is 16.3. The van der Waals surface area contributed by atoms with Crippen molar-refractivity contribution >= 4 is 11.4 Å². The summed E-state index contributed by atoms with van der Waals surface area (Å²) >= 11 is 0. The molecule has 0 bridgehead atoms. The van der Waals surface area contributed by atoms with Gasteiger partial charge in [0.15, 0.2) is 0 Å². The van der Waals surface area contributed by atoms with Gasteiger partial charge in [0.1, 0.15) is 5.75 Å². The van der Waals surface area contributed by atoms with Crippen LogP contribution in [0.3, 0.4) is 0 Å². The van der Waals surface area contributed by atoms with Gasteiger partial charge in [0.05, 0.1) is 5.69 Å². The maximum Gasteiger partial charge on any atom is 0.115 e. The quantitative estimate of drug-likeness (QED) is 0.845. The zero-order valence-electron chi connectivity index (χ0n) is 9.67. The summed E-state index contributed by atoms with van der Waals surface area (Å²) in [5.41, 5.74) is 8.43. The molecule has 0 aliphatic heterocycles. The molecule has 1 aromatic heterocycles. The highest BCUT2D eigenvalue weighted by Gasteiger charge is 2.04. The molecule has 0 spiro atoms. The lowest BCUT2D eigenvalue weighted by atomic mass is 10.2. The number of rotatable bonds is 3. The second-order valence-corrected chi connectivity index (χ2v) is 3.78. The second kappa shape index (κ2) is 4.84. The van der Waals surface area contributed by atoms with E-state index in [-0.39, 0.29) is 5.75 Å². The number of nitrogens with zero attached hydrogens (tertiary/aromatic N) is 2. The Bertz CT molecular complexity index is 496. The highest BCUT2D eigenvalue weighted by Crippen LogP contribution is 2.25. The Morgan fingerprint density at radius 1 is 1.18 bits per heavy atom. The summed E-state index contributed by atoms with van der Waals surface area (Å²) in [5.74, 6) is 0.263. The predicted molar refractivity (Wildman–Crippen MR) is 68.3 cm³/mol. The maximum absolute atomic E-state index is 9.25. The van der Waals surface area contributed by atoms with Crippen molar-refractivity contribution < 1.29 is 5.11 Å². The second-order valence-electron chi connectivity index (χ2n) is 3.78. The van der Waals surface area contributed by atoms with E-state index in [2.05, 4.69) is 4.98 Å². The van der Waals surface area contributed by atoms with Crippen molar-refractivity contribution in [2.75, 3.05) is 11.9 Å². The van der Waals surface area contributed by atoms with E-state index in [1.54, 1.807) is 18.3 Å². The van der Waals surface area contributed by atoms with E-state index in [0.717, 1.165) is 17.1 Å². The Morgan fingerprint density at radius 2 is 1.88 bits per heavy atom. The van der Waals surface area contributed by atoms with E-state index in [1.807, 2.05) is 36.2 Å². The first kappa shape index (κ1) is 11.4. The number of pyridine rings is 1. The minimum atomic E-state index is 0.263. The summed E-state index contributed by atoms with van der Waals surface area (Å²) in [7, 11) is 1.96. The molecule has 2 rings (SSSR count). The van der Waals surface area contributed by atoms with Crippen LogP contribution in [0.25, 0.3) is 0 Å². The van der Waals surface area contributed by atoms with Crippen molar-refractivity contribution in [2.45, 2.75) is 6.54 Å². The van der Waals surface area contributed by atoms with Crippen LogP contribution in [0.2, 0.25) is 0 Å². The Hall–Kier alpha value is -2.07. The van der Waals surface area contributed by atoms with Crippen LogP contribution in [0.4, 0.5) is 11.4 Å². The van der Waals surface area contributed by atoms with Crippen LogP contribution in [0.1, 0.15) is 5.69 Å². The molecule has 2 aromatic rings. The van der Waals surface area contributed by atoms with Gasteiger partial charge in [-0.1, -0.05) is 0 Å². The number of benzene rings is 1. The van der Waals surface area contributed by atoms with E-state index in [0.29, 0.717) is 6.54 Å². The van der Waals surface area contributed by atoms with Crippen LogP contribution in [0, 0.1) is 0 Å². The van der Waals surface area contributed by atoms with Crippen LogP contribution in [-0.2, 0) is 6.54 Å². The summed E-state index contributed by atoms with van der Waals surface area (Å²) < 4.78 is 0. The lowest BCUT2D eigenvalue weighted by Crippen LogP contribution is -2.10. The molecule has 0 aliphatic carbocycles. The predicted octanol–water partition coefficient (Wildman–Crippen LogP) is 2.01. The molecule has 4 nitrogen and oxygen atoms in total. The van der Waals surface area contributed by atoms with Gasteiger partial charge in [-0.15, -0.1) is 0 Å². The van der Waals surface area contributed by atoms with E-state index in [4.69, 9.17) is 5.73 Å². The third-order valence-electron chi connectivity index (χ3n) is 2.63. The monoisotopic (exact) mass is 229 g/mol. The van der Waals surface area contributed by atoms with E-state index in [9.17, 15) is 5.11 Å². The molecule has 4 heteroatoms. The molecular formula is C13H15N3O. The number of nitrogens with two attached hydrogens (primary N) is 1. The first-order valence-corrected chi connectivity index (χ1v) is 5.38. The summed E-state index contributed by atoms with van der Waals surface area (Å²) in [6.45, 7) is 0.428. The average molecular weight is 229 g/mol. The van der Waals surface area contributed by atoms with Gasteiger partial charge >= 0.3 is 0 Å². The summed E-state index contributed by atoms with van der Waals surface area (Å²) in [5, 5.41) is 9.25. The van der Waals surface area contributed by atoms with Crippen molar-refractivity contribution in [3.05, 3.63) is 48.3 Å². The van der Waals surface area contributed by atoms with Gasteiger partial charge in [0.2, 0.25) is 0 Å². The largest absolute Gasteiger partial charge is 0.508 e. The molecule has 17 heavy (non-hydrogen) atoms. The van der Waals surface area contributed by atoms with Gasteiger partial charge in [-0.3, -0.25) is 4.98 Å². The SMILES string of the molecule is CN(c1ccc(O)cc1)c1ccnc(CN)c1. The maximum atomic E-state index is 9.25. The summed E-state index contributed by atoms with van der Waals surface area (Å²) in [6.07, 6.45) is 1.74. The lowest BCUT2D eigenvalue weighted by Gasteiger charge is -2.19. The molecule has 3 N–H and O–H groups in total. The minimum absolute atomic E-state index is 0.263. The van der Waals surface area contributed by atoms with Gasteiger partial charge in [0.25, 0.3) is 0 Å². The molecule has 0 saturated heterocycles. The van der Waals surface area contributed by atoms with Gasteiger partial charge in [0, 0.05) is 31.2 Å². The molecule has 0 fully saturated rings. The first-order valence-electron chi connectivity index (χ1n) is 5.38. The molecule has 1 aromatic carbocycles. The third-order valence-corrected chi connectivity index (χ3v) is 2.63. The van der Waals surface area contributed by atoms with Crippen molar-refractivity contribution in [2.24, 2.45) is 5.73 Å². The molecule has 0 radical (unpaired) electrons. The number of aromatic nitrogens is 1. The van der Waals surface area contributed by atoms with Crippen LogP contribution in [-0.4, -0.2) is 17.1 Å². The molecular weight excluding hydrogens is 214 g/mol. The zero-order chi connectivity index (χ0) is 12.3. The molecule has 1 heterocycles. The fourth-order valence-electron chi connectivity index (χ4n) is 1.61. The van der Waals surface area contributed by atoms with Crippen LogP contribution >= 0.6 is 0 Å². The third kappa shape index (κ3) is 2.54. The smallest absolute Gasteiger partial charge is 0.115 e. The number of phenolic OH excluding ortho intramolecular Hbond substituents is 1.